The maximum absolute atomic E-state index is 11.9. The summed E-state index contributed by atoms with van der Waals surface area (Å²) in [7, 11) is 0. The fourth-order valence-corrected chi connectivity index (χ4v) is 2.76. The third kappa shape index (κ3) is 2.16. The van der Waals surface area contributed by atoms with Gasteiger partial charge in [0, 0.05) is 12.5 Å². The molecule has 0 bridgehead atoms. The summed E-state index contributed by atoms with van der Waals surface area (Å²) in [6, 6.07) is -0.455. The van der Waals surface area contributed by atoms with E-state index in [2.05, 4.69) is 16.0 Å². The largest absolute Gasteiger partial charge is 0.354 e. The van der Waals surface area contributed by atoms with Crippen molar-refractivity contribution in [2.45, 2.75) is 37.1 Å². The lowest BCUT2D eigenvalue weighted by atomic mass is 9.87. The van der Waals surface area contributed by atoms with E-state index in [1.165, 1.54) is 0 Å². The smallest absolute Gasteiger partial charge is 0.322 e. The Hall–Kier alpha value is -1.30. The van der Waals surface area contributed by atoms with Crippen LogP contribution >= 0.6 is 11.6 Å². The summed E-state index contributed by atoms with van der Waals surface area (Å²) in [5.41, 5.74) is -0.847. The molecular formula is C11H16ClN3O3. The normalized spacial score (nSPS) is 32.2. The van der Waals surface area contributed by atoms with Crippen molar-refractivity contribution in [3.05, 3.63) is 0 Å². The van der Waals surface area contributed by atoms with E-state index in [9.17, 15) is 14.4 Å². The third-order valence-electron chi connectivity index (χ3n) is 3.67. The molecule has 1 aliphatic heterocycles. The van der Waals surface area contributed by atoms with Crippen molar-refractivity contribution in [1.82, 2.24) is 16.0 Å². The Bertz CT molecular complexity index is 399. The second kappa shape index (κ2) is 4.76. The number of amides is 4. The van der Waals surface area contributed by atoms with E-state index in [0.29, 0.717) is 13.0 Å². The molecule has 0 aromatic heterocycles. The number of hydrogen-bond acceptors (Lipinski definition) is 3. The number of carbonyl (C=O) groups excluding carboxylic acids is 3. The Kier molecular flexibility index (Phi) is 3.47. The van der Waals surface area contributed by atoms with Crippen molar-refractivity contribution in [2.75, 3.05) is 6.54 Å². The van der Waals surface area contributed by atoms with Gasteiger partial charge in [0.05, 0.1) is 0 Å². The fourth-order valence-electron chi connectivity index (χ4n) is 2.69. The molecule has 3 atom stereocenters. The highest BCUT2D eigenvalue weighted by Gasteiger charge is 2.54. The van der Waals surface area contributed by atoms with Crippen molar-refractivity contribution < 1.29 is 14.4 Å². The Morgan fingerprint density at radius 2 is 2.33 bits per heavy atom. The first-order valence-corrected chi connectivity index (χ1v) is 6.45. The summed E-state index contributed by atoms with van der Waals surface area (Å²) < 4.78 is 0. The number of alkyl halides is 1. The molecule has 18 heavy (non-hydrogen) atoms. The quantitative estimate of drug-likeness (QED) is 0.504. The Morgan fingerprint density at radius 1 is 1.61 bits per heavy atom. The van der Waals surface area contributed by atoms with Crippen molar-refractivity contribution in [3.8, 4) is 0 Å². The minimum Gasteiger partial charge on any atom is -0.354 e. The first-order chi connectivity index (χ1) is 8.45. The van der Waals surface area contributed by atoms with Crippen LogP contribution in [0.2, 0.25) is 0 Å². The first-order valence-electron chi connectivity index (χ1n) is 6.01. The second-order valence-electron chi connectivity index (χ2n) is 4.83. The highest BCUT2D eigenvalue weighted by Crippen LogP contribution is 2.37. The Balaban J connectivity index is 2.02. The standard InChI is InChI=1S/C11H16ClN3O3/c1-6(12)8(16)13-5-7-3-2-4-11(7)9(17)14-10(18)15-11/h6-7H,2-5H2,1H3,(H,13,16)(H2,14,15,17,18). The number of imide groups is 1. The summed E-state index contributed by atoms with van der Waals surface area (Å²) in [6.07, 6.45) is 2.26. The molecule has 7 heteroatoms. The van der Waals surface area contributed by atoms with Gasteiger partial charge in [-0.1, -0.05) is 6.42 Å². The predicted octanol–water partition coefficient (Wildman–Crippen LogP) is 0.108. The molecule has 1 aliphatic carbocycles. The molecule has 2 fully saturated rings. The number of carbonyl (C=O) groups is 3. The van der Waals surface area contributed by atoms with E-state index in [4.69, 9.17) is 11.6 Å². The third-order valence-corrected chi connectivity index (χ3v) is 3.87. The zero-order chi connectivity index (χ0) is 13.3. The van der Waals surface area contributed by atoms with E-state index in [-0.39, 0.29) is 17.7 Å². The summed E-state index contributed by atoms with van der Waals surface area (Å²) in [4.78, 5) is 34.5. The van der Waals surface area contributed by atoms with E-state index < -0.39 is 16.9 Å². The molecule has 0 aromatic rings. The molecule has 1 spiro atoms. The molecule has 3 unspecified atom stereocenters. The van der Waals surface area contributed by atoms with E-state index in [1.54, 1.807) is 6.92 Å². The van der Waals surface area contributed by atoms with Crippen molar-refractivity contribution in [1.29, 1.82) is 0 Å². The lowest BCUT2D eigenvalue weighted by molar-refractivity contribution is -0.126. The van der Waals surface area contributed by atoms with Gasteiger partial charge in [0.1, 0.15) is 10.9 Å². The second-order valence-corrected chi connectivity index (χ2v) is 5.48. The van der Waals surface area contributed by atoms with Gasteiger partial charge in [-0.25, -0.2) is 4.79 Å². The summed E-state index contributed by atoms with van der Waals surface area (Å²) in [5.74, 6) is -0.630. The predicted molar refractivity (Wildman–Crippen MR) is 65.1 cm³/mol. The fraction of sp³-hybridized carbons (Fsp3) is 0.727. The molecule has 2 rings (SSSR count). The van der Waals surface area contributed by atoms with Crippen LogP contribution in [0.15, 0.2) is 0 Å². The maximum Gasteiger partial charge on any atom is 0.322 e. The van der Waals surface area contributed by atoms with Gasteiger partial charge in [-0.2, -0.15) is 0 Å². The average molecular weight is 274 g/mol. The number of urea groups is 1. The maximum atomic E-state index is 11.9. The van der Waals surface area contributed by atoms with E-state index >= 15 is 0 Å². The molecule has 3 N–H and O–H groups in total. The van der Waals surface area contributed by atoms with Crippen LogP contribution in [0.4, 0.5) is 4.79 Å². The van der Waals surface area contributed by atoms with Crippen molar-refractivity contribution >= 4 is 29.4 Å². The van der Waals surface area contributed by atoms with Gasteiger partial charge in [-0.3, -0.25) is 14.9 Å². The van der Waals surface area contributed by atoms with Gasteiger partial charge in [0.2, 0.25) is 5.91 Å². The molecule has 6 nitrogen and oxygen atoms in total. The monoisotopic (exact) mass is 273 g/mol. The lowest BCUT2D eigenvalue weighted by Gasteiger charge is -2.28. The number of rotatable bonds is 3. The molecule has 1 heterocycles. The molecule has 0 aromatic carbocycles. The van der Waals surface area contributed by atoms with Gasteiger partial charge in [0.15, 0.2) is 0 Å². The van der Waals surface area contributed by atoms with Crippen LogP contribution in [-0.2, 0) is 9.59 Å². The minimum atomic E-state index is -0.847. The SMILES string of the molecule is CC(Cl)C(=O)NCC1CCCC12NC(=O)NC2=O. The number of halogens is 1. The lowest BCUT2D eigenvalue weighted by Crippen LogP contribution is -2.53. The summed E-state index contributed by atoms with van der Waals surface area (Å²) in [5, 5.41) is 7.07. The van der Waals surface area contributed by atoms with Gasteiger partial charge in [-0.15, -0.1) is 11.6 Å². The molecule has 1 saturated heterocycles. The molecule has 2 aliphatic rings. The van der Waals surface area contributed by atoms with Crippen LogP contribution in [0.5, 0.6) is 0 Å². The van der Waals surface area contributed by atoms with Gasteiger partial charge < -0.3 is 10.6 Å². The molecule has 1 saturated carbocycles. The zero-order valence-corrected chi connectivity index (χ0v) is 10.8. The number of nitrogens with one attached hydrogen (secondary N) is 3. The zero-order valence-electron chi connectivity index (χ0n) is 10.1. The van der Waals surface area contributed by atoms with Crippen LogP contribution in [0.3, 0.4) is 0 Å². The minimum absolute atomic E-state index is 0.0803. The van der Waals surface area contributed by atoms with E-state index in [1.807, 2.05) is 0 Å². The molecule has 0 radical (unpaired) electrons. The van der Waals surface area contributed by atoms with Crippen LogP contribution in [0, 0.1) is 5.92 Å². The van der Waals surface area contributed by atoms with Crippen LogP contribution in [0.25, 0.3) is 0 Å². The van der Waals surface area contributed by atoms with Crippen molar-refractivity contribution in [2.24, 2.45) is 5.92 Å². The van der Waals surface area contributed by atoms with Gasteiger partial charge in [-0.05, 0) is 19.8 Å². The highest BCUT2D eigenvalue weighted by molar-refractivity contribution is 6.30. The molecule has 100 valence electrons. The molecular weight excluding hydrogens is 258 g/mol. The van der Waals surface area contributed by atoms with Gasteiger partial charge in [0.25, 0.3) is 5.91 Å². The molecule has 4 amide bonds. The highest BCUT2D eigenvalue weighted by atomic mass is 35.5. The summed E-state index contributed by atoms with van der Waals surface area (Å²) >= 11 is 5.66. The van der Waals surface area contributed by atoms with Gasteiger partial charge >= 0.3 is 6.03 Å². The summed E-state index contributed by atoms with van der Waals surface area (Å²) in [6.45, 7) is 1.94. The first kappa shape index (κ1) is 13.1. The van der Waals surface area contributed by atoms with Crippen LogP contribution < -0.4 is 16.0 Å². The topological polar surface area (TPSA) is 87.3 Å². The van der Waals surface area contributed by atoms with Crippen LogP contribution in [0.1, 0.15) is 26.2 Å². The van der Waals surface area contributed by atoms with Crippen LogP contribution in [-0.4, -0.2) is 35.3 Å². The number of hydrogen-bond donors (Lipinski definition) is 3. The van der Waals surface area contributed by atoms with E-state index in [0.717, 1.165) is 12.8 Å². The Labute approximate surface area is 110 Å². The Morgan fingerprint density at radius 3 is 2.89 bits per heavy atom. The van der Waals surface area contributed by atoms with Crippen molar-refractivity contribution in [3.63, 3.8) is 0 Å². The average Bonchev–Trinajstić information content (AvgIpc) is 2.81.